The van der Waals surface area contributed by atoms with Gasteiger partial charge in [0.15, 0.2) is 24.7 Å². The molecule has 0 unspecified atom stereocenters. The predicted molar refractivity (Wildman–Crippen MR) is 113 cm³/mol. The molecule has 2 aromatic rings. The van der Waals surface area contributed by atoms with E-state index in [9.17, 15) is 19.2 Å². The third kappa shape index (κ3) is 7.06. The highest BCUT2D eigenvalue weighted by molar-refractivity contribution is 6.32. The number of esters is 1. The van der Waals surface area contributed by atoms with Crippen molar-refractivity contribution in [2.75, 3.05) is 32.8 Å². The van der Waals surface area contributed by atoms with Crippen molar-refractivity contribution >= 4 is 41.1 Å². The van der Waals surface area contributed by atoms with E-state index < -0.39 is 37.0 Å². The van der Waals surface area contributed by atoms with Crippen molar-refractivity contribution in [1.29, 1.82) is 0 Å². The van der Waals surface area contributed by atoms with Gasteiger partial charge in [0.1, 0.15) is 5.75 Å². The summed E-state index contributed by atoms with van der Waals surface area (Å²) in [6, 6.07) is 8.06. The largest absolute Gasteiger partial charge is 0.497 e. The van der Waals surface area contributed by atoms with Crippen molar-refractivity contribution in [3.05, 3.63) is 47.0 Å². The van der Waals surface area contributed by atoms with Crippen LogP contribution >= 0.6 is 11.6 Å². The average Bonchev–Trinajstić information content (AvgIpc) is 2.76. The van der Waals surface area contributed by atoms with E-state index in [0.29, 0.717) is 11.4 Å². The van der Waals surface area contributed by atoms with Crippen LogP contribution < -0.4 is 30.6 Å². The lowest BCUT2D eigenvalue weighted by Gasteiger charge is -2.13. The lowest BCUT2D eigenvalue weighted by atomic mass is 10.2. The Morgan fingerprint density at radius 2 is 1.69 bits per heavy atom. The molecule has 0 bridgehead atoms. The van der Waals surface area contributed by atoms with Gasteiger partial charge in [0.25, 0.3) is 11.8 Å². The molecular formula is C20H20ClN3O8. The molecule has 0 aromatic heterocycles. The van der Waals surface area contributed by atoms with Crippen LogP contribution in [0.15, 0.2) is 36.4 Å². The number of nitrogens with one attached hydrogen (secondary N) is 2. The van der Waals surface area contributed by atoms with Crippen molar-refractivity contribution in [1.82, 2.24) is 5.32 Å². The number of anilines is 1. The molecule has 4 amide bonds. The summed E-state index contributed by atoms with van der Waals surface area (Å²) >= 11 is 6.06. The quantitative estimate of drug-likeness (QED) is 0.473. The molecule has 32 heavy (non-hydrogen) atoms. The fourth-order valence-electron chi connectivity index (χ4n) is 2.33. The Hall–Kier alpha value is -3.99. The number of halogens is 1. The van der Waals surface area contributed by atoms with Gasteiger partial charge in [0.2, 0.25) is 0 Å². The van der Waals surface area contributed by atoms with Gasteiger partial charge in [-0.05, 0) is 36.4 Å². The van der Waals surface area contributed by atoms with Crippen molar-refractivity contribution in [2.24, 2.45) is 5.73 Å². The molecule has 0 fully saturated rings. The van der Waals surface area contributed by atoms with E-state index in [-0.39, 0.29) is 22.1 Å². The van der Waals surface area contributed by atoms with Crippen molar-refractivity contribution in [2.45, 2.75) is 0 Å². The highest BCUT2D eigenvalue weighted by Crippen LogP contribution is 2.36. The fourth-order valence-corrected chi connectivity index (χ4v) is 2.60. The topological polar surface area (TPSA) is 155 Å². The molecule has 0 heterocycles. The van der Waals surface area contributed by atoms with Crippen LogP contribution in [0, 0.1) is 0 Å². The Labute approximate surface area is 187 Å². The zero-order chi connectivity index (χ0) is 23.7. The molecule has 0 aliphatic rings. The van der Waals surface area contributed by atoms with E-state index in [1.54, 1.807) is 24.3 Å². The molecule has 2 aromatic carbocycles. The number of rotatable bonds is 9. The number of urea groups is 1. The number of amides is 4. The molecule has 0 aliphatic carbocycles. The van der Waals surface area contributed by atoms with Crippen LogP contribution in [0.1, 0.15) is 10.4 Å². The summed E-state index contributed by atoms with van der Waals surface area (Å²) in [6.07, 6.45) is 0. The number of benzene rings is 2. The number of carbonyl (C=O) groups is 4. The second kappa shape index (κ2) is 11.4. The van der Waals surface area contributed by atoms with E-state index in [4.69, 9.17) is 36.3 Å². The molecule has 0 saturated carbocycles. The molecular weight excluding hydrogens is 446 g/mol. The van der Waals surface area contributed by atoms with Crippen LogP contribution in [-0.2, 0) is 14.3 Å². The number of hydrogen-bond acceptors (Lipinski definition) is 8. The Morgan fingerprint density at radius 3 is 2.28 bits per heavy atom. The lowest BCUT2D eigenvalue weighted by molar-refractivity contribution is -0.123. The maximum absolute atomic E-state index is 12.2. The van der Waals surface area contributed by atoms with Crippen molar-refractivity contribution in [3.8, 4) is 17.2 Å². The van der Waals surface area contributed by atoms with Gasteiger partial charge in [-0.15, -0.1) is 0 Å². The van der Waals surface area contributed by atoms with Gasteiger partial charge in [-0.2, -0.15) is 0 Å². The van der Waals surface area contributed by atoms with E-state index in [1.807, 2.05) is 5.32 Å². The minimum atomic E-state index is -0.905. The van der Waals surface area contributed by atoms with Crippen LogP contribution in [0.3, 0.4) is 0 Å². The second-order valence-electron chi connectivity index (χ2n) is 6.05. The summed E-state index contributed by atoms with van der Waals surface area (Å²) in [6.45, 7) is -1.17. The predicted octanol–water partition coefficient (Wildman–Crippen LogP) is 1.73. The number of primary amides is 1. The van der Waals surface area contributed by atoms with Gasteiger partial charge >= 0.3 is 12.0 Å². The molecule has 170 valence electrons. The summed E-state index contributed by atoms with van der Waals surface area (Å²) in [5.74, 6) is -1.83. The average molecular weight is 466 g/mol. The Bertz CT molecular complexity index is 1010. The minimum absolute atomic E-state index is 0.0115. The van der Waals surface area contributed by atoms with Crippen LogP contribution in [0.25, 0.3) is 0 Å². The number of hydrogen-bond donors (Lipinski definition) is 3. The molecule has 0 saturated heterocycles. The van der Waals surface area contributed by atoms with Gasteiger partial charge in [-0.1, -0.05) is 11.6 Å². The summed E-state index contributed by atoms with van der Waals surface area (Å²) in [7, 11) is 2.80. The first-order valence-corrected chi connectivity index (χ1v) is 9.32. The third-order valence-electron chi connectivity index (χ3n) is 3.76. The number of methoxy groups -OCH3 is 2. The van der Waals surface area contributed by atoms with E-state index in [0.717, 1.165) is 0 Å². The fraction of sp³-hybridized carbons (Fsp3) is 0.200. The highest BCUT2D eigenvalue weighted by atomic mass is 35.5. The highest BCUT2D eigenvalue weighted by Gasteiger charge is 2.19. The summed E-state index contributed by atoms with van der Waals surface area (Å²) in [4.78, 5) is 46.9. The molecule has 4 N–H and O–H groups in total. The van der Waals surface area contributed by atoms with Gasteiger partial charge in [-0.3, -0.25) is 14.9 Å². The molecule has 11 nitrogen and oxygen atoms in total. The van der Waals surface area contributed by atoms with Gasteiger partial charge in [-0.25, -0.2) is 9.59 Å². The summed E-state index contributed by atoms with van der Waals surface area (Å²) in [5, 5.41) is 4.43. The number of carbonyl (C=O) groups excluding carboxylic acids is 4. The maximum atomic E-state index is 12.2. The van der Waals surface area contributed by atoms with E-state index >= 15 is 0 Å². The lowest BCUT2D eigenvalue weighted by Crippen LogP contribution is -2.37. The van der Waals surface area contributed by atoms with Gasteiger partial charge in [0, 0.05) is 5.69 Å². The summed E-state index contributed by atoms with van der Waals surface area (Å²) in [5.41, 5.74) is 5.40. The smallest absolute Gasteiger partial charge is 0.338 e. The normalized spacial score (nSPS) is 9.97. The van der Waals surface area contributed by atoms with Gasteiger partial charge in [0.05, 0.1) is 24.8 Å². The van der Waals surface area contributed by atoms with Gasteiger partial charge < -0.3 is 30.0 Å². The first kappa shape index (κ1) is 24.3. The molecule has 0 spiro atoms. The third-order valence-corrected chi connectivity index (χ3v) is 4.04. The van der Waals surface area contributed by atoms with Crippen LogP contribution in [0.5, 0.6) is 17.2 Å². The maximum Gasteiger partial charge on any atom is 0.338 e. The van der Waals surface area contributed by atoms with Crippen LogP contribution in [-0.4, -0.2) is 51.2 Å². The number of ether oxygens (including phenoxy) is 4. The number of imide groups is 1. The SMILES string of the molecule is COc1ccc(NC(=O)NC(=O)COC(=O)c2cc(Cl)c(OCC(N)=O)c(OC)c2)cc1. The Kier molecular flexibility index (Phi) is 8.66. The Morgan fingerprint density at radius 1 is 1.00 bits per heavy atom. The molecule has 12 heteroatoms. The Balaban J connectivity index is 1.91. The zero-order valence-electron chi connectivity index (χ0n) is 17.1. The zero-order valence-corrected chi connectivity index (χ0v) is 17.9. The molecule has 0 radical (unpaired) electrons. The molecule has 2 rings (SSSR count). The van der Waals surface area contributed by atoms with Crippen LogP contribution in [0.2, 0.25) is 5.02 Å². The molecule has 0 aliphatic heterocycles. The minimum Gasteiger partial charge on any atom is -0.497 e. The second-order valence-corrected chi connectivity index (χ2v) is 6.46. The first-order valence-electron chi connectivity index (χ1n) is 8.94. The van der Waals surface area contributed by atoms with Crippen molar-refractivity contribution in [3.63, 3.8) is 0 Å². The number of nitrogens with two attached hydrogens (primary N) is 1. The van der Waals surface area contributed by atoms with Crippen molar-refractivity contribution < 1.29 is 38.1 Å². The van der Waals surface area contributed by atoms with E-state index in [1.165, 1.54) is 26.4 Å². The summed E-state index contributed by atoms with van der Waals surface area (Å²) < 4.78 is 20.1. The van der Waals surface area contributed by atoms with Crippen LogP contribution in [0.4, 0.5) is 10.5 Å². The standard InChI is InChI=1S/C20H20ClN3O8/c1-29-13-5-3-12(4-6-13)23-20(28)24-17(26)10-32-19(27)11-7-14(21)18(15(8-11)30-2)31-9-16(22)25/h3-8H,9-10H2,1-2H3,(H2,22,25)(H2,23,24,26,28). The monoisotopic (exact) mass is 465 g/mol. The van der Waals surface area contributed by atoms with E-state index in [2.05, 4.69) is 5.32 Å². The first-order chi connectivity index (χ1) is 15.2. The molecule has 0 atom stereocenters.